The number of aliphatic hydroxyl groups is 1. The molecule has 2 rings (SSSR count). The molecule has 1 aliphatic heterocycles. The van der Waals surface area contributed by atoms with E-state index < -0.39 is 6.10 Å². The zero-order chi connectivity index (χ0) is 9.26. The number of carbonyl (C=O) groups excluding carboxylic acids is 1. The fraction of sp³-hybridized carbons (Fsp3) is 0.300. The van der Waals surface area contributed by atoms with Gasteiger partial charge in [0.1, 0.15) is 6.10 Å². The van der Waals surface area contributed by atoms with Crippen molar-refractivity contribution in [2.45, 2.75) is 12.5 Å². The maximum atomic E-state index is 11.4. The molecule has 0 aromatic heterocycles. The third-order valence-electron chi connectivity index (χ3n) is 2.25. The number of anilines is 1. The lowest BCUT2D eigenvalue weighted by Crippen LogP contribution is -2.28. The van der Waals surface area contributed by atoms with Crippen molar-refractivity contribution >= 4 is 11.6 Å². The quantitative estimate of drug-likeness (QED) is 0.688. The monoisotopic (exact) mass is 177 g/mol. The molecule has 1 amide bonds. The Bertz CT molecular complexity index is 310. The molecule has 1 fully saturated rings. The molecule has 1 heterocycles. The average Bonchev–Trinajstić information content (AvgIpc) is 2.49. The van der Waals surface area contributed by atoms with Gasteiger partial charge in [0.05, 0.1) is 0 Å². The first-order valence-corrected chi connectivity index (χ1v) is 4.33. The highest BCUT2D eigenvalue weighted by atomic mass is 16.3. The molecule has 1 aliphatic rings. The van der Waals surface area contributed by atoms with Gasteiger partial charge in [0.15, 0.2) is 0 Å². The van der Waals surface area contributed by atoms with Gasteiger partial charge in [0.2, 0.25) is 0 Å². The first-order chi connectivity index (χ1) is 6.29. The van der Waals surface area contributed by atoms with E-state index in [1.807, 2.05) is 30.3 Å². The minimum absolute atomic E-state index is 0.189. The van der Waals surface area contributed by atoms with E-state index in [4.69, 9.17) is 0 Å². The van der Waals surface area contributed by atoms with Crippen molar-refractivity contribution in [1.29, 1.82) is 0 Å². The van der Waals surface area contributed by atoms with Crippen LogP contribution in [-0.4, -0.2) is 23.7 Å². The van der Waals surface area contributed by atoms with Crippen LogP contribution in [0.5, 0.6) is 0 Å². The van der Waals surface area contributed by atoms with Gasteiger partial charge in [-0.15, -0.1) is 0 Å². The SMILES string of the molecule is O=C1C(O)CCN1c1ccccc1. The van der Waals surface area contributed by atoms with Crippen molar-refractivity contribution in [3.63, 3.8) is 0 Å². The minimum atomic E-state index is -0.805. The molecule has 1 atom stereocenters. The highest BCUT2D eigenvalue weighted by Gasteiger charge is 2.30. The lowest BCUT2D eigenvalue weighted by Gasteiger charge is -2.15. The maximum absolute atomic E-state index is 11.4. The van der Waals surface area contributed by atoms with Crippen molar-refractivity contribution < 1.29 is 9.90 Å². The Morgan fingerprint density at radius 1 is 1.31 bits per heavy atom. The van der Waals surface area contributed by atoms with Crippen LogP contribution >= 0.6 is 0 Å². The Balaban J connectivity index is 2.24. The second-order valence-corrected chi connectivity index (χ2v) is 3.13. The summed E-state index contributed by atoms with van der Waals surface area (Å²) in [5.74, 6) is -0.189. The molecule has 1 aromatic rings. The Hall–Kier alpha value is -1.35. The summed E-state index contributed by atoms with van der Waals surface area (Å²) in [4.78, 5) is 13.0. The second kappa shape index (κ2) is 3.18. The van der Waals surface area contributed by atoms with Crippen LogP contribution in [0.4, 0.5) is 5.69 Å². The van der Waals surface area contributed by atoms with Crippen LogP contribution in [0.25, 0.3) is 0 Å². The third kappa shape index (κ3) is 1.42. The lowest BCUT2D eigenvalue weighted by molar-refractivity contribution is -0.123. The summed E-state index contributed by atoms with van der Waals surface area (Å²) in [7, 11) is 0. The Kier molecular flexibility index (Phi) is 2.02. The van der Waals surface area contributed by atoms with Gasteiger partial charge >= 0.3 is 0 Å². The van der Waals surface area contributed by atoms with E-state index in [0.29, 0.717) is 13.0 Å². The lowest BCUT2D eigenvalue weighted by atomic mass is 10.3. The van der Waals surface area contributed by atoms with E-state index >= 15 is 0 Å². The van der Waals surface area contributed by atoms with Gasteiger partial charge in [-0.3, -0.25) is 4.79 Å². The first kappa shape index (κ1) is 8.26. The summed E-state index contributed by atoms with van der Waals surface area (Å²) >= 11 is 0. The van der Waals surface area contributed by atoms with Gasteiger partial charge in [-0.1, -0.05) is 18.2 Å². The van der Waals surface area contributed by atoms with Crippen LogP contribution < -0.4 is 4.90 Å². The van der Waals surface area contributed by atoms with Gasteiger partial charge in [-0.2, -0.15) is 0 Å². The van der Waals surface area contributed by atoms with Crippen LogP contribution in [0, 0.1) is 0 Å². The molecule has 13 heavy (non-hydrogen) atoms. The fourth-order valence-corrected chi connectivity index (χ4v) is 1.53. The van der Waals surface area contributed by atoms with E-state index in [1.165, 1.54) is 0 Å². The highest BCUT2D eigenvalue weighted by molar-refractivity contribution is 5.98. The molecule has 0 saturated carbocycles. The second-order valence-electron chi connectivity index (χ2n) is 3.13. The number of hydrogen-bond acceptors (Lipinski definition) is 2. The first-order valence-electron chi connectivity index (χ1n) is 4.33. The fourth-order valence-electron chi connectivity index (χ4n) is 1.53. The smallest absolute Gasteiger partial charge is 0.255 e. The molecule has 3 heteroatoms. The summed E-state index contributed by atoms with van der Waals surface area (Å²) in [6, 6.07) is 9.41. The zero-order valence-corrected chi connectivity index (χ0v) is 7.18. The van der Waals surface area contributed by atoms with E-state index in [2.05, 4.69) is 0 Å². The predicted molar refractivity (Wildman–Crippen MR) is 49.4 cm³/mol. The van der Waals surface area contributed by atoms with E-state index in [0.717, 1.165) is 5.69 Å². The molecular weight excluding hydrogens is 166 g/mol. The number of amides is 1. The number of hydrogen-bond donors (Lipinski definition) is 1. The van der Waals surface area contributed by atoms with Crippen molar-refractivity contribution in [2.24, 2.45) is 0 Å². The van der Waals surface area contributed by atoms with Crippen LogP contribution in [-0.2, 0) is 4.79 Å². The van der Waals surface area contributed by atoms with Crippen LogP contribution in [0.15, 0.2) is 30.3 Å². The molecular formula is C10H11NO2. The molecule has 3 nitrogen and oxygen atoms in total. The minimum Gasteiger partial charge on any atom is -0.383 e. The molecule has 0 aliphatic carbocycles. The van der Waals surface area contributed by atoms with Crippen molar-refractivity contribution in [1.82, 2.24) is 0 Å². The summed E-state index contributed by atoms with van der Waals surface area (Å²) in [5.41, 5.74) is 0.865. The van der Waals surface area contributed by atoms with E-state index in [1.54, 1.807) is 4.90 Å². The summed E-state index contributed by atoms with van der Waals surface area (Å²) in [6.45, 7) is 0.615. The van der Waals surface area contributed by atoms with Gasteiger partial charge < -0.3 is 10.0 Å². The number of para-hydroxylation sites is 1. The molecule has 0 radical (unpaired) electrons. The third-order valence-corrected chi connectivity index (χ3v) is 2.25. The number of aliphatic hydroxyl groups excluding tert-OH is 1. The van der Waals surface area contributed by atoms with Crippen LogP contribution in [0.1, 0.15) is 6.42 Å². The number of benzene rings is 1. The summed E-state index contributed by atoms with van der Waals surface area (Å²) in [5, 5.41) is 9.24. The standard InChI is InChI=1S/C10H11NO2/c12-9-6-7-11(10(9)13)8-4-2-1-3-5-8/h1-5,9,12H,6-7H2. The molecule has 1 aromatic carbocycles. The zero-order valence-electron chi connectivity index (χ0n) is 7.18. The van der Waals surface area contributed by atoms with Gasteiger partial charge in [0.25, 0.3) is 5.91 Å². The van der Waals surface area contributed by atoms with Crippen molar-refractivity contribution in [3.8, 4) is 0 Å². The molecule has 1 saturated heterocycles. The highest BCUT2D eigenvalue weighted by Crippen LogP contribution is 2.20. The summed E-state index contributed by atoms with van der Waals surface area (Å²) in [6.07, 6.45) is -0.270. The Labute approximate surface area is 76.6 Å². The predicted octanol–water partition coefficient (Wildman–Crippen LogP) is 0.784. The Morgan fingerprint density at radius 2 is 2.00 bits per heavy atom. The van der Waals surface area contributed by atoms with Crippen molar-refractivity contribution in [2.75, 3.05) is 11.4 Å². The van der Waals surface area contributed by atoms with E-state index in [-0.39, 0.29) is 5.91 Å². The topological polar surface area (TPSA) is 40.5 Å². The molecule has 68 valence electrons. The molecule has 0 spiro atoms. The molecule has 0 bridgehead atoms. The average molecular weight is 177 g/mol. The van der Waals surface area contributed by atoms with Crippen molar-refractivity contribution in [3.05, 3.63) is 30.3 Å². The molecule has 1 N–H and O–H groups in total. The van der Waals surface area contributed by atoms with Gasteiger partial charge in [-0.25, -0.2) is 0 Å². The number of nitrogens with zero attached hydrogens (tertiary/aromatic N) is 1. The van der Waals surface area contributed by atoms with Crippen LogP contribution in [0.2, 0.25) is 0 Å². The Morgan fingerprint density at radius 3 is 2.54 bits per heavy atom. The number of rotatable bonds is 1. The summed E-state index contributed by atoms with van der Waals surface area (Å²) < 4.78 is 0. The van der Waals surface area contributed by atoms with E-state index in [9.17, 15) is 9.90 Å². The van der Waals surface area contributed by atoms with Crippen LogP contribution in [0.3, 0.4) is 0 Å². The van der Waals surface area contributed by atoms with Gasteiger partial charge in [0, 0.05) is 18.7 Å². The normalized spacial score (nSPS) is 22.4. The maximum Gasteiger partial charge on any atom is 0.255 e. The van der Waals surface area contributed by atoms with Gasteiger partial charge in [-0.05, 0) is 12.1 Å². The number of carbonyl (C=O) groups is 1. The molecule has 1 unspecified atom stereocenters. The largest absolute Gasteiger partial charge is 0.383 e.